The Labute approximate surface area is 303 Å². The van der Waals surface area contributed by atoms with Crippen LogP contribution >= 0.6 is 0 Å². The molecule has 8 aromatic rings. The predicted octanol–water partition coefficient (Wildman–Crippen LogP) is 12.1. The molecule has 7 aromatic carbocycles. The van der Waals surface area contributed by atoms with Gasteiger partial charge in [-0.1, -0.05) is 91.0 Å². The molecule has 2 heterocycles. The maximum Gasteiger partial charge on any atom is 0.239 e. The number of aromatic nitrogens is 3. The van der Waals surface area contributed by atoms with Crippen LogP contribution in [0.4, 0.5) is 68.8 Å². The molecule has 1 aliphatic rings. The van der Waals surface area contributed by atoms with Crippen molar-refractivity contribution in [2.45, 2.75) is 0 Å². The van der Waals surface area contributed by atoms with Gasteiger partial charge in [-0.2, -0.15) is 4.98 Å². The van der Waals surface area contributed by atoms with Gasteiger partial charge < -0.3 is 9.80 Å². The van der Waals surface area contributed by atoms with Gasteiger partial charge in [-0.05, 0) is 103 Å². The normalized spacial score (nSPS) is 12.5. The van der Waals surface area contributed by atoms with Crippen molar-refractivity contribution in [3.05, 3.63) is 200 Å². The van der Waals surface area contributed by atoms with Crippen molar-refractivity contribution in [2.24, 2.45) is 0 Å². The van der Waals surface area contributed by atoms with Crippen LogP contribution in [0.3, 0.4) is 0 Å². The van der Waals surface area contributed by atoms with Crippen LogP contribution in [0.25, 0.3) is 0 Å². The second-order valence-corrected chi connectivity index (χ2v) is 12.3. The summed E-state index contributed by atoms with van der Waals surface area (Å²) < 4.78 is 0. The summed E-state index contributed by atoms with van der Waals surface area (Å²) in [6, 6.07) is 67.1. The smallest absolute Gasteiger partial charge is 0.239 e. The van der Waals surface area contributed by atoms with Crippen LogP contribution in [0.1, 0.15) is 0 Å². The van der Waals surface area contributed by atoms with Gasteiger partial charge >= 0.3 is 0 Å². The van der Waals surface area contributed by atoms with Gasteiger partial charge in [0.2, 0.25) is 11.9 Å². The van der Waals surface area contributed by atoms with Gasteiger partial charge in [0.05, 0.1) is 11.4 Å². The van der Waals surface area contributed by atoms with Gasteiger partial charge in [-0.3, -0.25) is 9.80 Å². The van der Waals surface area contributed by atoms with Crippen LogP contribution in [-0.2, 0) is 0 Å². The van der Waals surface area contributed by atoms with Crippen molar-refractivity contribution >= 4 is 68.8 Å². The lowest BCUT2D eigenvalue weighted by molar-refractivity contribution is 0.981. The highest BCUT2D eigenvalue weighted by molar-refractivity contribution is 5.87. The summed E-state index contributed by atoms with van der Waals surface area (Å²) in [5, 5.41) is 0. The third kappa shape index (κ3) is 5.86. The van der Waals surface area contributed by atoms with Crippen molar-refractivity contribution in [1.29, 1.82) is 0 Å². The molecule has 0 amide bonds. The molecular weight excluding hydrogens is 639 g/mol. The molecule has 0 spiro atoms. The number of fused-ring (bicyclic) bond motifs is 8. The van der Waals surface area contributed by atoms with Gasteiger partial charge in [0.25, 0.3) is 0 Å². The summed E-state index contributed by atoms with van der Waals surface area (Å²) >= 11 is 0. The van der Waals surface area contributed by atoms with Crippen LogP contribution in [0.15, 0.2) is 200 Å². The van der Waals surface area contributed by atoms with E-state index in [0.717, 1.165) is 56.9 Å². The van der Waals surface area contributed by atoms with Gasteiger partial charge in [-0.15, -0.1) is 0 Å². The minimum Gasteiger partial charge on any atom is -0.310 e. The summed E-state index contributed by atoms with van der Waals surface area (Å²) in [4.78, 5) is 23.5. The third-order valence-corrected chi connectivity index (χ3v) is 9.04. The minimum absolute atomic E-state index is 0.497. The number of hydrogen-bond donors (Lipinski definition) is 0. The van der Waals surface area contributed by atoms with E-state index in [4.69, 9.17) is 15.0 Å². The zero-order valence-electron chi connectivity index (χ0n) is 28.2. The summed E-state index contributed by atoms with van der Waals surface area (Å²) in [5.41, 5.74) is 9.76. The zero-order valence-corrected chi connectivity index (χ0v) is 28.2. The number of para-hydroxylation sites is 4. The maximum absolute atomic E-state index is 5.20. The van der Waals surface area contributed by atoms with E-state index in [1.807, 2.05) is 48.5 Å². The molecule has 9 rings (SSSR count). The van der Waals surface area contributed by atoms with E-state index in [1.54, 1.807) is 6.33 Å². The molecule has 248 valence electrons. The molecule has 0 fully saturated rings. The molecule has 8 bridgehead atoms. The van der Waals surface area contributed by atoms with E-state index >= 15 is 0 Å². The largest absolute Gasteiger partial charge is 0.310 e. The number of hydrogen-bond acceptors (Lipinski definition) is 7. The monoisotopic (exact) mass is 671 g/mol. The molecule has 0 N–H and O–H groups in total. The quantitative estimate of drug-likeness (QED) is 0.185. The Bertz CT molecular complexity index is 2020. The number of nitrogens with zero attached hydrogens (tertiary/aromatic N) is 7. The number of rotatable bonds is 4. The van der Waals surface area contributed by atoms with Crippen molar-refractivity contribution in [1.82, 2.24) is 15.0 Å². The van der Waals surface area contributed by atoms with Crippen molar-refractivity contribution in [3.63, 3.8) is 0 Å². The molecule has 0 saturated heterocycles. The lowest BCUT2D eigenvalue weighted by Gasteiger charge is -2.32. The first-order valence-corrected chi connectivity index (χ1v) is 17.2. The fraction of sp³-hybridized carbons (Fsp3) is 0. The first kappa shape index (κ1) is 30.8. The number of anilines is 12. The fourth-order valence-electron chi connectivity index (χ4n) is 6.77. The number of benzene rings is 7. The summed E-state index contributed by atoms with van der Waals surface area (Å²) in [5.74, 6) is 0.994. The summed E-state index contributed by atoms with van der Waals surface area (Å²) in [6.45, 7) is 0. The van der Waals surface area contributed by atoms with Gasteiger partial charge in [0.15, 0.2) is 0 Å². The highest BCUT2D eigenvalue weighted by Crippen LogP contribution is 2.44. The predicted molar refractivity (Wildman–Crippen MR) is 212 cm³/mol. The summed E-state index contributed by atoms with van der Waals surface area (Å²) in [7, 11) is 0. The Balaban J connectivity index is 1.36. The van der Waals surface area contributed by atoms with Crippen molar-refractivity contribution in [2.75, 3.05) is 19.6 Å². The lowest BCUT2D eigenvalue weighted by atomic mass is 10.1. The molecule has 7 heteroatoms. The highest BCUT2D eigenvalue weighted by Gasteiger charge is 2.24. The van der Waals surface area contributed by atoms with E-state index in [1.165, 1.54) is 0 Å². The van der Waals surface area contributed by atoms with E-state index in [9.17, 15) is 0 Å². The molecule has 1 aromatic heterocycles. The van der Waals surface area contributed by atoms with Crippen LogP contribution in [-0.4, -0.2) is 15.0 Å². The molecule has 0 saturated carbocycles. The average molecular weight is 672 g/mol. The molecule has 52 heavy (non-hydrogen) atoms. The second-order valence-electron chi connectivity index (χ2n) is 12.3. The minimum atomic E-state index is 0.497. The van der Waals surface area contributed by atoms with Gasteiger partial charge in [0.1, 0.15) is 6.33 Å². The highest BCUT2D eigenvalue weighted by atomic mass is 15.3. The fourth-order valence-corrected chi connectivity index (χ4v) is 6.77. The Morgan fingerprint density at radius 3 is 0.808 bits per heavy atom. The molecule has 0 unspecified atom stereocenters. The topological polar surface area (TPSA) is 51.6 Å². The summed E-state index contributed by atoms with van der Waals surface area (Å²) in [6.07, 6.45) is 1.59. The SMILES string of the molecule is c1ccc(N2c3cccc(c3)N(c3ccccc3)c3cccc(c3)N(c3ccccc3)c3ncnc(n3)N(c3ccccc3)c3cccc2c3)cc1. The zero-order chi connectivity index (χ0) is 34.7. The third-order valence-electron chi connectivity index (χ3n) is 9.04. The Hall–Kier alpha value is -7.25. The Morgan fingerprint density at radius 2 is 0.500 bits per heavy atom. The van der Waals surface area contributed by atoms with Crippen LogP contribution in [0.2, 0.25) is 0 Å². The lowest BCUT2D eigenvalue weighted by Crippen LogP contribution is -2.19. The van der Waals surface area contributed by atoms with Crippen molar-refractivity contribution < 1.29 is 0 Å². The maximum atomic E-state index is 5.20. The Morgan fingerprint density at radius 1 is 0.250 bits per heavy atom. The molecule has 0 aliphatic carbocycles. The average Bonchev–Trinajstić information content (AvgIpc) is 3.21. The standard InChI is InChI=1S/C45H33N7/c1-5-16-34(17-6-1)49-38-24-13-25-39(30-38)50(35-18-7-2-8-19-35)41-27-15-29-43(32-41)52(37-22-11-4-12-23-37)45-47-33-46-44(48-45)51(36-20-9-3-10-21-36)42-28-14-26-40(49)31-42/h1-33H. The van der Waals surface area contributed by atoms with Crippen molar-refractivity contribution in [3.8, 4) is 0 Å². The molecule has 0 radical (unpaired) electrons. The molecule has 7 nitrogen and oxygen atoms in total. The van der Waals surface area contributed by atoms with Crippen LogP contribution in [0.5, 0.6) is 0 Å². The molecule has 1 aliphatic heterocycles. The van der Waals surface area contributed by atoms with E-state index < -0.39 is 0 Å². The van der Waals surface area contributed by atoms with E-state index in [2.05, 4.69) is 165 Å². The Kier molecular flexibility index (Phi) is 8.04. The van der Waals surface area contributed by atoms with E-state index in [-0.39, 0.29) is 0 Å². The second kappa shape index (κ2) is 13.6. The first-order valence-electron chi connectivity index (χ1n) is 17.2. The molecular formula is C45H33N7. The van der Waals surface area contributed by atoms with Gasteiger partial charge in [0, 0.05) is 45.5 Å². The van der Waals surface area contributed by atoms with E-state index in [0.29, 0.717) is 11.9 Å². The van der Waals surface area contributed by atoms with Crippen LogP contribution in [0, 0.1) is 0 Å². The molecule has 0 atom stereocenters. The van der Waals surface area contributed by atoms with Gasteiger partial charge in [-0.25, -0.2) is 9.97 Å². The van der Waals surface area contributed by atoms with Crippen LogP contribution < -0.4 is 19.6 Å². The first-order chi connectivity index (χ1) is 25.8.